The lowest BCUT2D eigenvalue weighted by atomic mass is 10.1. The molecule has 0 bridgehead atoms. The first-order valence-electron chi connectivity index (χ1n) is 7.34. The van der Waals surface area contributed by atoms with Crippen LogP contribution in [0.3, 0.4) is 0 Å². The molecule has 0 unspecified atom stereocenters. The van der Waals surface area contributed by atoms with Crippen molar-refractivity contribution in [2.75, 3.05) is 7.11 Å². The summed E-state index contributed by atoms with van der Waals surface area (Å²) in [6, 6.07) is 9.24. The SMILES string of the molecule is COc1ccc(C(=O)NN)cc1COc1cc(C)cc(C)c1C. The summed E-state index contributed by atoms with van der Waals surface area (Å²) < 4.78 is 11.3. The Kier molecular flexibility index (Phi) is 5.24. The third-order valence-corrected chi connectivity index (χ3v) is 3.82. The Morgan fingerprint density at radius 2 is 1.87 bits per heavy atom. The van der Waals surface area contributed by atoms with Gasteiger partial charge in [-0.2, -0.15) is 0 Å². The average molecular weight is 314 g/mol. The Morgan fingerprint density at radius 1 is 1.13 bits per heavy atom. The lowest BCUT2D eigenvalue weighted by Crippen LogP contribution is -2.30. The first-order valence-corrected chi connectivity index (χ1v) is 7.34. The van der Waals surface area contributed by atoms with Crippen molar-refractivity contribution in [3.8, 4) is 11.5 Å². The minimum Gasteiger partial charge on any atom is -0.496 e. The highest BCUT2D eigenvalue weighted by atomic mass is 16.5. The summed E-state index contributed by atoms with van der Waals surface area (Å²) in [7, 11) is 1.59. The van der Waals surface area contributed by atoms with Crippen molar-refractivity contribution in [1.82, 2.24) is 5.43 Å². The summed E-state index contributed by atoms with van der Waals surface area (Å²) in [4.78, 5) is 11.7. The van der Waals surface area contributed by atoms with Crippen LogP contribution in [0.1, 0.15) is 32.6 Å². The third-order valence-electron chi connectivity index (χ3n) is 3.82. The van der Waals surface area contributed by atoms with Crippen LogP contribution in [0.5, 0.6) is 11.5 Å². The van der Waals surface area contributed by atoms with E-state index in [-0.39, 0.29) is 5.91 Å². The number of carbonyl (C=O) groups excluding carboxylic acids is 1. The molecular weight excluding hydrogens is 292 g/mol. The van der Waals surface area contributed by atoms with E-state index in [2.05, 4.69) is 18.4 Å². The Hall–Kier alpha value is -2.53. The van der Waals surface area contributed by atoms with Crippen molar-refractivity contribution >= 4 is 5.91 Å². The van der Waals surface area contributed by atoms with Crippen molar-refractivity contribution in [1.29, 1.82) is 0 Å². The van der Waals surface area contributed by atoms with Crippen molar-refractivity contribution in [3.05, 3.63) is 58.1 Å². The van der Waals surface area contributed by atoms with Crippen LogP contribution in [0, 0.1) is 20.8 Å². The molecule has 3 N–H and O–H groups in total. The Balaban J connectivity index is 2.27. The number of rotatable bonds is 5. The van der Waals surface area contributed by atoms with Gasteiger partial charge in [-0.05, 0) is 61.7 Å². The quantitative estimate of drug-likeness (QED) is 0.505. The van der Waals surface area contributed by atoms with Crippen LogP contribution in [0.15, 0.2) is 30.3 Å². The summed E-state index contributed by atoms with van der Waals surface area (Å²) in [6.07, 6.45) is 0. The average Bonchev–Trinajstić information content (AvgIpc) is 2.55. The summed E-state index contributed by atoms with van der Waals surface area (Å²) in [5.74, 6) is 6.33. The van der Waals surface area contributed by atoms with E-state index >= 15 is 0 Å². The molecule has 0 fully saturated rings. The van der Waals surface area contributed by atoms with Crippen molar-refractivity contribution in [2.24, 2.45) is 5.84 Å². The lowest BCUT2D eigenvalue weighted by Gasteiger charge is -2.15. The second kappa shape index (κ2) is 7.15. The Labute approximate surface area is 136 Å². The van der Waals surface area contributed by atoms with E-state index in [0.29, 0.717) is 17.9 Å². The first-order chi connectivity index (χ1) is 11.0. The molecule has 0 aliphatic carbocycles. The molecule has 0 saturated heterocycles. The fraction of sp³-hybridized carbons (Fsp3) is 0.278. The molecule has 0 radical (unpaired) electrons. The lowest BCUT2D eigenvalue weighted by molar-refractivity contribution is 0.0953. The number of methoxy groups -OCH3 is 1. The number of ether oxygens (including phenoxy) is 2. The highest BCUT2D eigenvalue weighted by Gasteiger charge is 2.11. The van der Waals surface area contributed by atoms with Gasteiger partial charge in [0.25, 0.3) is 5.91 Å². The topological polar surface area (TPSA) is 73.6 Å². The minimum atomic E-state index is -0.350. The molecule has 0 aliphatic heterocycles. The number of nitrogens with two attached hydrogens (primary N) is 1. The molecule has 0 aliphatic rings. The first kappa shape index (κ1) is 16.8. The van der Waals surface area contributed by atoms with Gasteiger partial charge in [-0.3, -0.25) is 10.2 Å². The number of nitrogen functional groups attached to an aromatic ring is 1. The van der Waals surface area contributed by atoms with Gasteiger partial charge in [-0.25, -0.2) is 5.84 Å². The second-order valence-electron chi connectivity index (χ2n) is 5.49. The van der Waals surface area contributed by atoms with E-state index in [1.807, 2.05) is 19.9 Å². The maximum absolute atomic E-state index is 11.7. The van der Waals surface area contributed by atoms with Crippen molar-refractivity contribution in [3.63, 3.8) is 0 Å². The fourth-order valence-electron chi connectivity index (χ4n) is 2.42. The zero-order chi connectivity index (χ0) is 17.0. The highest BCUT2D eigenvalue weighted by molar-refractivity contribution is 5.94. The molecule has 2 rings (SSSR count). The normalized spacial score (nSPS) is 10.3. The number of hydrazine groups is 1. The van der Waals surface area contributed by atoms with Gasteiger partial charge in [0.15, 0.2) is 0 Å². The number of hydrogen-bond acceptors (Lipinski definition) is 4. The zero-order valence-corrected chi connectivity index (χ0v) is 13.9. The molecule has 23 heavy (non-hydrogen) atoms. The molecule has 0 heterocycles. The van der Waals surface area contributed by atoms with E-state index in [0.717, 1.165) is 22.4 Å². The number of hydrogen-bond donors (Lipinski definition) is 2. The van der Waals surface area contributed by atoms with Crippen molar-refractivity contribution in [2.45, 2.75) is 27.4 Å². The summed E-state index contributed by atoms with van der Waals surface area (Å²) >= 11 is 0. The van der Waals surface area contributed by atoms with Gasteiger partial charge in [-0.1, -0.05) is 6.07 Å². The number of benzene rings is 2. The van der Waals surface area contributed by atoms with Crippen LogP contribution < -0.4 is 20.7 Å². The van der Waals surface area contributed by atoms with Gasteiger partial charge in [0.2, 0.25) is 0 Å². The van der Waals surface area contributed by atoms with Crippen molar-refractivity contribution < 1.29 is 14.3 Å². The predicted octanol–water partition coefficient (Wildman–Crippen LogP) is 2.80. The van der Waals surface area contributed by atoms with Crippen LogP contribution in [0.4, 0.5) is 0 Å². The van der Waals surface area contributed by atoms with Crippen LogP contribution in [-0.2, 0) is 6.61 Å². The summed E-state index contributed by atoms with van der Waals surface area (Å²) in [5, 5.41) is 0. The number of carbonyl (C=O) groups is 1. The molecule has 0 saturated carbocycles. The highest BCUT2D eigenvalue weighted by Crippen LogP contribution is 2.26. The van der Waals surface area contributed by atoms with E-state index in [1.165, 1.54) is 5.56 Å². The molecule has 5 nitrogen and oxygen atoms in total. The van der Waals surface area contributed by atoms with E-state index < -0.39 is 0 Å². The molecule has 0 atom stereocenters. The van der Waals surface area contributed by atoms with E-state index in [4.69, 9.17) is 15.3 Å². The second-order valence-corrected chi connectivity index (χ2v) is 5.49. The van der Waals surface area contributed by atoms with Gasteiger partial charge < -0.3 is 9.47 Å². The predicted molar refractivity (Wildman–Crippen MR) is 89.6 cm³/mol. The van der Waals surface area contributed by atoms with E-state index in [9.17, 15) is 4.79 Å². The monoisotopic (exact) mass is 314 g/mol. The maximum atomic E-state index is 11.7. The minimum absolute atomic E-state index is 0.304. The molecule has 1 amide bonds. The van der Waals surface area contributed by atoms with Crippen LogP contribution in [-0.4, -0.2) is 13.0 Å². The standard InChI is InChI=1S/C18H22N2O3/c1-11-7-12(2)13(3)17(8-11)23-10-15-9-14(18(21)20-19)5-6-16(15)22-4/h5-9H,10,19H2,1-4H3,(H,20,21). The van der Waals surface area contributed by atoms with Gasteiger partial charge in [0.05, 0.1) is 7.11 Å². The molecular formula is C18H22N2O3. The van der Waals surface area contributed by atoms with E-state index in [1.54, 1.807) is 25.3 Å². The summed E-state index contributed by atoms with van der Waals surface area (Å²) in [6.45, 7) is 6.42. The maximum Gasteiger partial charge on any atom is 0.265 e. The van der Waals surface area contributed by atoms with Crippen LogP contribution in [0.2, 0.25) is 0 Å². The Morgan fingerprint density at radius 3 is 2.52 bits per heavy atom. The van der Waals surface area contributed by atoms with Crippen LogP contribution in [0.25, 0.3) is 0 Å². The molecule has 2 aromatic rings. The number of nitrogens with one attached hydrogen (secondary N) is 1. The summed E-state index contributed by atoms with van der Waals surface area (Å²) in [5.41, 5.74) is 6.80. The number of aryl methyl sites for hydroxylation is 2. The van der Waals surface area contributed by atoms with Crippen LogP contribution >= 0.6 is 0 Å². The zero-order valence-electron chi connectivity index (χ0n) is 13.9. The molecule has 122 valence electrons. The largest absolute Gasteiger partial charge is 0.496 e. The number of amides is 1. The Bertz CT molecular complexity index is 726. The molecule has 0 spiro atoms. The van der Waals surface area contributed by atoms with Gasteiger partial charge >= 0.3 is 0 Å². The fourth-order valence-corrected chi connectivity index (χ4v) is 2.42. The van der Waals surface area contributed by atoms with Gasteiger partial charge in [-0.15, -0.1) is 0 Å². The van der Waals surface area contributed by atoms with Gasteiger partial charge in [0.1, 0.15) is 18.1 Å². The molecule has 0 aromatic heterocycles. The third kappa shape index (κ3) is 3.81. The molecule has 5 heteroatoms. The smallest absolute Gasteiger partial charge is 0.265 e. The van der Waals surface area contributed by atoms with Gasteiger partial charge in [0, 0.05) is 11.1 Å². The molecule has 2 aromatic carbocycles.